The van der Waals surface area contributed by atoms with E-state index in [1.54, 1.807) is 7.11 Å². The second kappa shape index (κ2) is 8.42. The Morgan fingerprint density at radius 2 is 2.17 bits per heavy atom. The molecule has 1 fully saturated rings. The van der Waals surface area contributed by atoms with E-state index in [9.17, 15) is 9.59 Å². The lowest BCUT2D eigenvalue weighted by molar-refractivity contribution is -0.123. The van der Waals surface area contributed by atoms with Gasteiger partial charge in [-0.25, -0.2) is 4.79 Å². The Hall–Kier alpha value is -2.44. The van der Waals surface area contributed by atoms with Gasteiger partial charge in [-0.1, -0.05) is 25.5 Å². The number of amides is 3. The van der Waals surface area contributed by atoms with Gasteiger partial charge in [0.2, 0.25) is 5.91 Å². The topological polar surface area (TPSA) is 96.7 Å². The zero-order chi connectivity index (χ0) is 17.5. The van der Waals surface area contributed by atoms with Crippen LogP contribution in [0.25, 0.3) is 0 Å². The summed E-state index contributed by atoms with van der Waals surface area (Å²) in [6.07, 6.45) is 2.20. The van der Waals surface area contributed by atoms with E-state index in [4.69, 9.17) is 10.5 Å². The number of para-hydroxylation sites is 2. The molecule has 0 saturated carbocycles. The second-order valence-corrected chi connectivity index (χ2v) is 5.96. The summed E-state index contributed by atoms with van der Waals surface area (Å²) in [5.41, 5.74) is 6.17. The number of methoxy groups -OCH3 is 1. The van der Waals surface area contributed by atoms with Crippen LogP contribution in [0.2, 0.25) is 0 Å². The van der Waals surface area contributed by atoms with Crippen molar-refractivity contribution in [1.82, 2.24) is 10.6 Å². The lowest BCUT2D eigenvalue weighted by Gasteiger charge is -2.22. The van der Waals surface area contributed by atoms with Gasteiger partial charge in [0, 0.05) is 19.1 Å². The number of hydrogen-bond acceptors (Lipinski definition) is 4. The minimum atomic E-state index is -0.675. The Morgan fingerprint density at radius 3 is 2.83 bits per heavy atom. The number of rotatable bonds is 7. The third kappa shape index (κ3) is 4.53. The number of ether oxygens (including phenoxy) is 1. The predicted octanol–water partition coefficient (Wildman–Crippen LogP) is 1.23. The largest absolute Gasteiger partial charge is 0.495 e. The van der Waals surface area contributed by atoms with E-state index >= 15 is 0 Å². The van der Waals surface area contributed by atoms with Crippen LogP contribution in [-0.2, 0) is 4.79 Å². The number of nitrogens with two attached hydrogens (primary N) is 1. The van der Waals surface area contributed by atoms with Crippen LogP contribution in [0.5, 0.6) is 5.75 Å². The van der Waals surface area contributed by atoms with Crippen LogP contribution >= 0.6 is 0 Å². The number of benzene rings is 1. The zero-order valence-corrected chi connectivity index (χ0v) is 14.2. The molecule has 4 N–H and O–H groups in total. The summed E-state index contributed by atoms with van der Waals surface area (Å²) >= 11 is 0. The number of anilines is 1. The van der Waals surface area contributed by atoms with E-state index in [1.807, 2.05) is 31.2 Å². The van der Waals surface area contributed by atoms with E-state index in [-0.39, 0.29) is 11.9 Å². The van der Waals surface area contributed by atoms with Crippen molar-refractivity contribution in [2.24, 2.45) is 5.73 Å². The molecule has 0 aliphatic carbocycles. The maximum Gasteiger partial charge on any atom is 0.312 e. The zero-order valence-electron chi connectivity index (χ0n) is 14.2. The molecular weight excluding hydrogens is 308 g/mol. The molecule has 1 unspecified atom stereocenters. The van der Waals surface area contributed by atoms with Crippen LogP contribution in [0.15, 0.2) is 24.3 Å². The van der Waals surface area contributed by atoms with Gasteiger partial charge in [-0.15, -0.1) is 0 Å². The Labute approximate surface area is 142 Å². The van der Waals surface area contributed by atoms with Crippen molar-refractivity contribution in [3.05, 3.63) is 24.3 Å². The van der Waals surface area contributed by atoms with Gasteiger partial charge in [0.25, 0.3) is 0 Å². The highest BCUT2D eigenvalue weighted by Gasteiger charge is 2.28. The van der Waals surface area contributed by atoms with Gasteiger partial charge in [-0.3, -0.25) is 4.79 Å². The summed E-state index contributed by atoms with van der Waals surface area (Å²) in [6.45, 7) is 3.51. The molecular formula is C17H26N4O3. The van der Waals surface area contributed by atoms with Gasteiger partial charge in [-0.05, 0) is 25.0 Å². The van der Waals surface area contributed by atoms with Crippen LogP contribution in [0.3, 0.4) is 0 Å². The molecule has 132 valence electrons. The number of carbonyl (C=O) groups is 2. The number of primary amides is 1. The molecule has 0 aromatic heterocycles. The molecule has 3 amide bonds. The molecule has 0 radical (unpaired) electrons. The first-order valence-electron chi connectivity index (χ1n) is 8.29. The fourth-order valence-corrected chi connectivity index (χ4v) is 3.02. The van der Waals surface area contributed by atoms with Crippen molar-refractivity contribution in [3.8, 4) is 5.75 Å². The lowest BCUT2D eigenvalue weighted by Crippen LogP contribution is -2.51. The van der Waals surface area contributed by atoms with E-state index < -0.39 is 12.1 Å². The minimum absolute atomic E-state index is 0.0384. The highest BCUT2D eigenvalue weighted by Crippen LogP contribution is 2.30. The Balaban J connectivity index is 1.95. The van der Waals surface area contributed by atoms with Crippen LogP contribution in [0, 0.1) is 0 Å². The number of nitrogens with one attached hydrogen (secondary N) is 2. The number of carbonyl (C=O) groups excluding carboxylic acids is 2. The van der Waals surface area contributed by atoms with Gasteiger partial charge in [-0.2, -0.15) is 0 Å². The molecule has 2 rings (SSSR count). The summed E-state index contributed by atoms with van der Waals surface area (Å²) in [4.78, 5) is 25.6. The highest BCUT2D eigenvalue weighted by atomic mass is 16.5. The lowest BCUT2D eigenvalue weighted by atomic mass is 10.1. The second-order valence-electron chi connectivity index (χ2n) is 5.96. The molecule has 24 heavy (non-hydrogen) atoms. The first-order chi connectivity index (χ1) is 11.5. The highest BCUT2D eigenvalue weighted by molar-refractivity contribution is 5.86. The SMILES string of the molecule is CCC[C@@H](NC(N)=O)C(=O)NC1CCN(c2ccccc2OC)C1. The summed E-state index contributed by atoms with van der Waals surface area (Å²) in [6, 6.07) is 6.63. The molecule has 1 aliphatic rings. The average molecular weight is 334 g/mol. The third-order valence-corrected chi connectivity index (χ3v) is 4.17. The summed E-state index contributed by atoms with van der Waals surface area (Å²) < 4.78 is 5.40. The van der Waals surface area contributed by atoms with E-state index in [0.29, 0.717) is 13.0 Å². The first kappa shape index (κ1) is 17.9. The molecule has 1 saturated heterocycles. The molecule has 1 aromatic rings. The number of nitrogens with zero attached hydrogens (tertiary/aromatic N) is 1. The molecule has 7 heteroatoms. The normalized spacial score (nSPS) is 18.1. The van der Waals surface area contributed by atoms with E-state index in [2.05, 4.69) is 15.5 Å². The van der Waals surface area contributed by atoms with Crippen molar-refractivity contribution in [2.75, 3.05) is 25.1 Å². The molecule has 1 aromatic carbocycles. The first-order valence-corrected chi connectivity index (χ1v) is 8.29. The molecule has 2 atom stereocenters. The summed E-state index contributed by atoms with van der Waals surface area (Å²) in [5, 5.41) is 5.52. The van der Waals surface area contributed by atoms with Gasteiger partial charge in [0.05, 0.1) is 12.8 Å². The van der Waals surface area contributed by atoms with Crippen LogP contribution in [-0.4, -0.2) is 44.2 Å². The van der Waals surface area contributed by atoms with Crippen molar-refractivity contribution in [3.63, 3.8) is 0 Å². The maximum absolute atomic E-state index is 12.4. The van der Waals surface area contributed by atoms with Crippen molar-refractivity contribution in [2.45, 2.75) is 38.3 Å². The third-order valence-electron chi connectivity index (χ3n) is 4.17. The summed E-state index contributed by atoms with van der Waals surface area (Å²) in [7, 11) is 1.65. The Morgan fingerprint density at radius 1 is 1.42 bits per heavy atom. The van der Waals surface area contributed by atoms with Gasteiger partial charge >= 0.3 is 6.03 Å². The molecule has 1 aliphatic heterocycles. The molecule has 0 bridgehead atoms. The van der Waals surface area contributed by atoms with Crippen molar-refractivity contribution >= 4 is 17.6 Å². The van der Waals surface area contributed by atoms with Gasteiger partial charge in [0.15, 0.2) is 0 Å². The quantitative estimate of drug-likeness (QED) is 0.698. The van der Waals surface area contributed by atoms with Crippen molar-refractivity contribution < 1.29 is 14.3 Å². The predicted molar refractivity (Wildman–Crippen MR) is 93.2 cm³/mol. The molecule has 0 spiro atoms. The maximum atomic E-state index is 12.4. The number of hydrogen-bond donors (Lipinski definition) is 3. The fourth-order valence-electron chi connectivity index (χ4n) is 3.02. The Kier molecular flexibility index (Phi) is 6.28. The Bertz CT molecular complexity index is 579. The minimum Gasteiger partial charge on any atom is -0.495 e. The average Bonchev–Trinajstić information content (AvgIpc) is 3.02. The van der Waals surface area contributed by atoms with Gasteiger partial charge in [0.1, 0.15) is 11.8 Å². The van der Waals surface area contributed by atoms with Crippen molar-refractivity contribution in [1.29, 1.82) is 0 Å². The van der Waals surface area contributed by atoms with Crippen LogP contribution in [0.1, 0.15) is 26.2 Å². The molecule has 7 nitrogen and oxygen atoms in total. The van der Waals surface area contributed by atoms with Crippen LogP contribution < -0.4 is 26.0 Å². The summed E-state index contributed by atoms with van der Waals surface area (Å²) in [5.74, 6) is 0.645. The van der Waals surface area contributed by atoms with E-state index in [0.717, 1.165) is 30.8 Å². The fraction of sp³-hybridized carbons (Fsp3) is 0.529. The van der Waals surface area contributed by atoms with Gasteiger partial charge < -0.3 is 26.0 Å². The van der Waals surface area contributed by atoms with Crippen LogP contribution in [0.4, 0.5) is 10.5 Å². The molecule has 1 heterocycles. The smallest absolute Gasteiger partial charge is 0.312 e. The number of urea groups is 1. The monoisotopic (exact) mass is 334 g/mol. The standard InChI is InChI=1S/C17H26N4O3/c1-3-6-13(20-17(18)23)16(22)19-12-9-10-21(11-12)14-7-4-5-8-15(14)24-2/h4-5,7-8,12-13H,3,6,9-11H2,1-2H3,(H,19,22)(H3,18,20,23)/t12?,13-/m1/s1. The van der Waals surface area contributed by atoms with E-state index in [1.165, 1.54) is 0 Å².